The van der Waals surface area contributed by atoms with Gasteiger partial charge in [0.15, 0.2) is 0 Å². The standard InChI is InChI=1S/C11H20N4O/c1-3-4-5-9(7-12)13-11(16)10-6-8(2)14-15-10/h6,9H,3-5,7,12H2,1-2H3,(H,13,16)(H,14,15). The van der Waals surface area contributed by atoms with Crippen molar-refractivity contribution in [3.63, 3.8) is 0 Å². The first-order valence-electron chi connectivity index (χ1n) is 5.70. The fraction of sp³-hybridized carbons (Fsp3) is 0.636. The molecule has 16 heavy (non-hydrogen) atoms. The minimum atomic E-state index is -0.157. The summed E-state index contributed by atoms with van der Waals surface area (Å²) in [6.45, 7) is 4.45. The van der Waals surface area contributed by atoms with Crippen LogP contribution in [-0.4, -0.2) is 28.7 Å². The van der Waals surface area contributed by atoms with Crippen LogP contribution < -0.4 is 11.1 Å². The quantitative estimate of drug-likeness (QED) is 0.673. The van der Waals surface area contributed by atoms with E-state index in [4.69, 9.17) is 5.73 Å². The van der Waals surface area contributed by atoms with Crippen LogP contribution in [0, 0.1) is 6.92 Å². The van der Waals surface area contributed by atoms with Gasteiger partial charge < -0.3 is 11.1 Å². The molecule has 0 spiro atoms. The van der Waals surface area contributed by atoms with E-state index in [2.05, 4.69) is 22.4 Å². The highest BCUT2D eigenvalue weighted by Crippen LogP contribution is 2.02. The molecule has 1 aromatic rings. The second kappa shape index (κ2) is 6.27. The van der Waals surface area contributed by atoms with E-state index in [-0.39, 0.29) is 11.9 Å². The van der Waals surface area contributed by atoms with Crippen molar-refractivity contribution in [1.29, 1.82) is 0 Å². The largest absolute Gasteiger partial charge is 0.347 e. The Morgan fingerprint density at radius 2 is 2.44 bits per heavy atom. The van der Waals surface area contributed by atoms with Crippen LogP contribution in [0.4, 0.5) is 0 Å². The van der Waals surface area contributed by atoms with Gasteiger partial charge in [-0.3, -0.25) is 9.89 Å². The lowest BCUT2D eigenvalue weighted by atomic mass is 10.1. The SMILES string of the molecule is CCCCC(CN)NC(=O)c1cc(C)[nH]n1. The van der Waals surface area contributed by atoms with E-state index in [1.54, 1.807) is 6.07 Å². The Morgan fingerprint density at radius 3 is 2.94 bits per heavy atom. The molecule has 0 aliphatic heterocycles. The average Bonchev–Trinajstić information content (AvgIpc) is 2.70. The highest BCUT2D eigenvalue weighted by atomic mass is 16.2. The van der Waals surface area contributed by atoms with E-state index >= 15 is 0 Å². The topological polar surface area (TPSA) is 83.8 Å². The number of hydrogen-bond donors (Lipinski definition) is 3. The summed E-state index contributed by atoms with van der Waals surface area (Å²) in [5.74, 6) is -0.157. The first kappa shape index (κ1) is 12.7. The molecule has 1 amide bonds. The summed E-state index contributed by atoms with van der Waals surface area (Å²) >= 11 is 0. The summed E-state index contributed by atoms with van der Waals surface area (Å²) < 4.78 is 0. The van der Waals surface area contributed by atoms with Crippen LogP contribution in [0.5, 0.6) is 0 Å². The van der Waals surface area contributed by atoms with Crippen LogP contribution in [0.2, 0.25) is 0 Å². The fourth-order valence-corrected chi connectivity index (χ4v) is 1.49. The lowest BCUT2D eigenvalue weighted by molar-refractivity contribution is 0.0930. The van der Waals surface area contributed by atoms with Gasteiger partial charge in [0, 0.05) is 18.3 Å². The number of aromatic amines is 1. The molecule has 1 rings (SSSR count). The second-order valence-corrected chi connectivity index (χ2v) is 3.98. The minimum absolute atomic E-state index is 0.0458. The third-order valence-corrected chi connectivity index (χ3v) is 2.46. The molecule has 1 heterocycles. The van der Waals surface area contributed by atoms with Crippen molar-refractivity contribution >= 4 is 5.91 Å². The van der Waals surface area contributed by atoms with Crippen molar-refractivity contribution in [2.24, 2.45) is 5.73 Å². The van der Waals surface area contributed by atoms with E-state index in [0.29, 0.717) is 12.2 Å². The first-order valence-corrected chi connectivity index (χ1v) is 5.70. The summed E-state index contributed by atoms with van der Waals surface area (Å²) in [5.41, 5.74) is 6.90. The van der Waals surface area contributed by atoms with Gasteiger partial charge in [-0.2, -0.15) is 5.10 Å². The molecule has 0 saturated carbocycles. The molecule has 5 nitrogen and oxygen atoms in total. The number of carbonyl (C=O) groups is 1. The van der Waals surface area contributed by atoms with Crippen molar-refractivity contribution in [2.75, 3.05) is 6.54 Å². The number of aryl methyl sites for hydroxylation is 1. The number of rotatable bonds is 6. The zero-order valence-electron chi connectivity index (χ0n) is 9.92. The molecule has 0 aromatic carbocycles. The Bertz CT molecular complexity index is 334. The zero-order chi connectivity index (χ0) is 12.0. The van der Waals surface area contributed by atoms with Gasteiger partial charge >= 0.3 is 0 Å². The van der Waals surface area contributed by atoms with Crippen molar-refractivity contribution in [3.05, 3.63) is 17.5 Å². The Kier molecular flexibility index (Phi) is 4.98. The number of H-pyrrole nitrogens is 1. The monoisotopic (exact) mass is 224 g/mol. The predicted octanol–water partition coefficient (Wildman–Crippen LogP) is 0.965. The smallest absolute Gasteiger partial charge is 0.272 e. The minimum Gasteiger partial charge on any atom is -0.347 e. The van der Waals surface area contributed by atoms with Gasteiger partial charge in [0.25, 0.3) is 5.91 Å². The van der Waals surface area contributed by atoms with Crippen LogP contribution in [0.3, 0.4) is 0 Å². The lowest BCUT2D eigenvalue weighted by Crippen LogP contribution is -2.40. The summed E-state index contributed by atoms with van der Waals surface area (Å²) in [7, 11) is 0. The van der Waals surface area contributed by atoms with Crippen molar-refractivity contribution < 1.29 is 4.79 Å². The van der Waals surface area contributed by atoms with E-state index in [9.17, 15) is 4.79 Å². The molecular formula is C11H20N4O. The van der Waals surface area contributed by atoms with Gasteiger partial charge in [0.1, 0.15) is 5.69 Å². The number of unbranched alkanes of at least 4 members (excludes halogenated alkanes) is 1. The highest BCUT2D eigenvalue weighted by molar-refractivity contribution is 5.92. The summed E-state index contributed by atoms with van der Waals surface area (Å²) in [4.78, 5) is 11.7. The van der Waals surface area contributed by atoms with Gasteiger partial charge in [-0.15, -0.1) is 0 Å². The predicted molar refractivity (Wildman–Crippen MR) is 63.2 cm³/mol. The van der Waals surface area contributed by atoms with Gasteiger partial charge in [0.05, 0.1) is 0 Å². The van der Waals surface area contributed by atoms with Crippen LogP contribution in [-0.2, 0) is 0 Å². The number of hydrogen-bond acceptors (Lipinski definition) is 3. The van der Waals surface area contributed by atoms with Crippen molar-refractivity contribution in [3.8, 4) is 0 Å². The summed E-state index contributed by atoms with van der Waals surface area (Å²) in [5, 5.41) is 9.53. The van der Waals surface area contributed by atoms with Crippen LogP contribution in [0.15, 0.2) is 6.07 Å². The van der Waals surface area contributed by atoms with Crippen molar-refractivity contribution in [2.45, 2.75) is 39.2 Å². The molecule has 0 aliphatic rings. The molecule has 0 aliphatic carbocycles. The summed E-state index contributed by atoms with van der Waals surface area (Å²) in [6, 6.07) is 1.77. The second-order valence-electron chi connectivity index (χ2n) is 3.98. The molecule has 1 unspecified atom stereocenters. The van der Waals surface area contributed by atoms with Gasteiger partial charge in [-0.05, 0) is 19.4 Å². The van der Waals surface area contributed by atoms with Crippen molar-refractivity contribution in [1.82, 2.24) is 15.5 Å². The van der Waals surface area contributed by atoms with E-state index in [1.165, 1.54) is 0 Å². The fourth-order valence-electron chi connectivity index (χ4n) is 1.49. The normalized spacial score (nSPS) is 12.4. The molecule has 0 bridgehead atoms. The molecule has 5 heteroatoms. The number of carbonyl (C=O) groups excluding carboxylic acids is 1. The van der Waals surface area contributed by atoms with Crippen LogP contribution in [0.25, 0.3) is 0 Å². The first-order chi connectivity index (χ1) is 7.67. The van der Waals surface area contributed by atoms with Crippen LogP contribution >= 0.6 is 0 Å². The number of nitrogens with two attached hydrogens (primary N) is 1. The Morgan fingerprint density at radius 1 is 1.69 bits per heavy atom. The number of aromatic nitrogens is 2. The highest BCUT2D eigenvalue weighted by Gasteiger charge is 2.13. The third-order valence-electron chi connectivity index (χ3n) is 2.46. The molecule has 0 saturated heterocycles. The molecule has 4 N–H and O–H groups in total. The van der Waals surface area contributed by atoms with Gasteiger partial charge in [-0.1, -0.05) is 19.8 Å². The molecular weight excluding hydrogens is 204 g/mol. The maximum atomic E-state index is 11.7. The van der Waals surface area contributed by atoms with Crippen LogP contribution in [0.1, 0.15) is 42.4 Å². The van der Waals surface area contributed by atoms with Gasteiger partial charge in [-0.25, -0.2) is 0 Å². The third kappa shape index (κ3) is 3.66. The maximum Gasteiger partial charge on any atom is 0.272 e. The maximum absolute atomic E-state index is 11.7. The molecule has 1 aromatic heterocycles. The lowest BCUT2D eigenvalue weighted by Gasteiger charge is -2.15. The number of nitrogens with one attached hydrogen (secondary N) is 2. The number of nitrogens with zero attached hydrogens (tertiary/aromatic N) is 1. The molecule has 0 fully saturated rings. The average molecular weight is 224 g/mol. The molecule has 1 atom stereocenters. The summed E-state index contributed by atoms with van der Waals surface area (Å²) in [6.07, 6.45) is 3.10. The van der Waals surface area contributed by atoms with E-state index < -0.39 is 0 Å². The van der Waals surface area contributed by atoms with E-state index in [1.807, 2.05) is 6.92 Å². The molecule has 90 valence electrons. The molecule has 0 radical (unpaired) electrons. The Labute approximate surface area is 95.8 Å². The number of amides is 1. The Balaban J connectivity index is 2.48. The zero-order valence-corrected chi connectivity index (χ0v) is 9.92. The van der Waals surface area contributed by atoms with E-state index in [0.717, 1.165) is 25.0 Å². The Hall–Kier alpha value is -1.36. The van der Waals surface area contributed by atoms with Gasteiger partial charge in [0.2, 0.25) is 0 Å².